The molecule has 0 radical (unpaired) electrons. The Labute approximate surface area is 117 Å². The fourth-order valence-corrected chi connectivity index (χ4v) is 2.19. The third kappa shape index (κ3) is 3.16. The van der Waals surface area contributed by atoms with Gasteiger partial charge in [-0.1, -0.05) is 11.6 Å². The maximum atomic E-state index is 13.8. The monoisotopic (exact) mass is 282 g/mol. The normalized spacial score (nSPS) is 16.8. The van der Waals surface area contributed by atoms with Crippen molar-refractivity contribution < 1.29 is 9.13 Å². The van der Waals surface area contributed by atoms with Crippen molar-refractivity contribution >= 4 is 11.6 Å². The van der Waals surface area contributed by atoms with E-state index in [1.54, 1.807) is 0 Å². The van der Waals surface area contributed by atoms with E-state index in [-0.39, 0.29) is 22.6 Å². The van der Waals surface area contributed by atoms with Crippen molar-refractivity contribution in [3.8, 4) is 11.8 Å². The van der Waals surface area contributed by atoms with Crippen molar-refractivity contribution in [1.29, 1.82) is 5.26 Å². The summed E-state index contributed by atoms with van der Waals surface area (Å²) in [7, 11) is 0. The molecule has 1 saturated carbocycles. The van der Waals surface area contributed by atoms with E-state index in [9.17, 15) is 9.65 Å². The van der Waals surface area contributed by atoms with Crippen molar-refractivity contribution in [1.82, 2.24) is 4.98 Å². The molecule has 0 bridgehead atoms. The molecule has 102 valence electrons. The molecular weight excluding hydrogens is 267 g/mol. The Morgan fingerprint density at radius 3 is 2.63 bits per heavy atom. The first-order valence-electron chi connectivity index (χ1n) is 6.26. The molecule has 1 heterocycles. The lowest BCUT2D eigenvalue weighted by Gasteiger charge is -2.23. The number of nitrogens with zero attached hydrogens (tertiary/aromatic N) is 2. The molecule has 1 aromatic heterocycles. The van der Waals surface area contributed by atoms with Crippen molar-refractivity contribution in [3.05, 3.63) is 22.7 Å². The zero-order valence-electron chi connectivity index (χ0n) is 11.2. The molecule has 19 heavy (non-hydrogen) atoms. The molecule has 1 fully saturated rings. The summed E-state index contributed by atoms with van der Waals surface area (Å²) in [4.78, 5) is 3.99. The van der Waals surface area contributed by atoms with Gasteiger partial charge in [0.25, 0.3) is 0 Å². The lowest BCUT2D eigenvalue weighted by molar-refractivity contribution is 0.124. The van der Waals surface area contributed by atoms with Gasteiger partial charge in [-0.3, -0.25) is 4.98 Å². The molecule has 0 aliphatic heterocycles. The topological polar surface area (TPSA) is 45.9 Å². The van der Waals surface area contributed by atoms with Crippen LogP contribution in [0.4, 0.5) is 4.39 Å². The Morgan fingerprint density at radius 1 is 1.53 bits per heavy atom. The second-order valence-corrected chi connectivity index (χ2v) is 6.17. The second-order valence-electron chi connectivity index (χ2n) is 5.79. The maximum absolute atomic E-state index is 13.8. The van der Waals surface area contributed by atoms with Gasteiger partial charge in [0.1, 0.15) is 10.6 Å². The highest BCUT2D eigenvalue weighted by Crippen LogP contribution is 2.45. The summed E-state index contributed by atoms with van der Waals surface area (Å²) in [5.41, 5.74) is -0.141. The fourth-order valence-electron chi connectivity index (χ4n) is 1.90. The third-order valence-electron chi connectivity index (χ3n) is 2.89. The van der Waals surface area contributed by atoms with E-state index in [2.05, 4.69) is 11.1 Å². The van der Waals surface area contributed by atoms with Crippen LogP contribution in [0, 0.1) is 23.1 Å². The zero-order chi connectivity index (χ0) is 14.2. The quantitative estimate of drug-likeness (QED) is 0.839. The second kappa shape index (κ2) is 4.97. The summed E-state index contributed by atoms with van der Waals surface area (Å²) in [5.74, 6) is -0.713. The first kappa shape index (κ1) is 14.1. The van der Waals surface area contributed by atoms with E-state index >= 15 is 0 Å². The van der Waals surface area contributed by atoms with E-state index in [0.717, 1.165) is 19.0 Å². The van der Waals surface area contributed by atoms with Crippen LogP contribution in [0.15, 0.2) is 6.20 Å². The molecule has 5 heteroatoms. The van der Waals surface area contributed by atoms with Gasteiger partial charge in [0, 0.05) is 0 Å². The molecule has 0 N–H and O–H groups in total. The molecule has 1 aromatic rings. The van der Waals surface area contributed by atoms with E-state index in [0.29, 0.717) is 5.69 Å². The summed E-state index contributed by atoms with van der Waals surface area (Å²) < 4.78 is 19.3. The maximum Gasteiger partial charge on any atom is 0.184 e. The van der Waals surface area contributed by atoms with Crippen LogP contribution >= 0.6 is 11.6 Å². The fraction of sp³-hybridized carbons (Fsp3) is 0.571. The number of halogens is 2. The first-order valence-corrected chi connectivity index (χ1v) is 6.64. The number of nitriles is 1. The molecule has 1 aliphatic rings. The van der Waals surface area contributed by atoms with Crippen LogP contribution in [-0.2, 0) is 0 Å². The number of hydrogen-bond acceptors (Lipinski definition) is 3. The average Bonchev–Trinajstić information content (AvgIpc) is 3.11. The minimum absolute atomic E-state index is 0.0138. The van der Waals surface area contributed by atoms with Crippen LogP contribution in [0.5, 0.6) is 5.75 Å². The summed E-state index contributed by atoms with van der Waals surface area (Å²) in [6.07, 6.45) is 3.06. The third-order valence-corrected chi connectivity index (χ3v) is 3.26. The van der Waals surface area contributed by atoms with Gasteiger partial charge in [-0.15, -0.1) is 0 Å². The van der Waals surface area contributed by atoms with Gasteiger partial charge in [0.05, 0.1) is 23.9 Å². The van der Waals surface area contributed by atoms with Gasteiger partial charge in [-0.25, -0.2) is 4.39 Å². The summed E-state index contributed by atoms with van der Waals surface area (Å²) >= 11 is 6.19. The van der Waals surface area contributed by atoms with Crippen LogP contribution in [0.2, 0.25) is 5.02 Å². The Bertz CT molecular complexity index is 529. The Kier molecular flexibility index (Phi) is 3.69. The van der Waals surface area contributed by atoms with E-state index in [1.165, 1.54) is 0 Å². The molecule has 0 saturated heterocycles. The van der Waals surface area contributed by atoms with Crippen molar-refractivity contribution in [2.45, 2.75) is 45.1 Å². The highest BCUT2D eigenvalue weighted by atomic mass is 35.5. The number of ether oxygens (including phenoxy) is 1. The lowest BCUT2D eigenvalue weighted by atomic mass is 10.0. The Hall–Kier alpha value is -1.34. The van der Waals surface area contributed by atoms with Gasteiger partial charge < -0.3 is 4.74 Å². The average molecular weight is 283 g/mol. The molecule has 0 aromatic carbocycles. The van der Waals surface area contributed by atoms with Gasteiger partial charge >= 0.3 is 0 Å². The van der Waals surface area contributed by atoms with Crippen molar-refractivity contribution in [2.75, 3.05) is 0 Å². The van der Waals surface area contributed by atoms with Crippen LogP contribution < -0.4 is 4.74 Å². The molecule has 0 spiro atoms. The van der Waals surface area contributed by atoms with Gasteiger partial charge in [0.2, 0.25) is 0 Å². The van der Waals surface area contributed by atoms with Crippen molar-refractivity contribution in [3.63, 3.8) is 0 Å². The summed E-state index contributed by atoms with van der Waals surface area (Å²) in [5, 5.41) is 9.34. The molecular formula is C14H16ClFN2O. The van der Waals surface area contributed by atoms with E-state index in [1.807, 2.05) is 20.8 Å². The minimum Gasteiger partial charge on any atom is -0.483 e. The van der Waals surface area contributed by atoms with E-state index in [4.69, 9.17) is 16.3 Å². The Balaban J connectivity index is 2.42. The minimum atomic E-state index is -0.601. The Morgan fingerprint density at radius 2 is 2.16 bits per heavy atom. The van der Waals surface area contributed by atoms with Crippen LogP contribution in [0.25, 0.3) is 0 Å². The summed E-state index contributed by atoms with van der Waals surface area (Å²) in [6, 6.07) is 2.21. The number of aromatic nitrogens is 1. The molecule has 2 rings (SSSR count). The SMILES string of the molecule is CC(C)(C)Oc1c(F)cnc(C(C#N)C2CC2)c1Cl. The van der Waals surface area contributed by atoms with Gasteiger partial charge in [-0.05, 0) is 39.5 Å². The number of hydrogen-bond donors (Lipinski definition) is 0. The highest BCUT2D eigenvalue weighted by Gasteiger charge is 2.36. The number of pyridine rings is 1. The zero-order valence-corrected chi connectivity index (χ0v) is 12.0. The molecule has 0 amide bonds. The predicted molar refractivity (Wildman–Crippen MR) is 70.7 cm³/mol. The standard InChI is InChI=1S/C14H16ClFN2O/c1-14(2,3)19-13-10(16)7-18-12(11(13)15)9(6-17)8-4-5-8/h7-9H,4-5H2,1-3H3. The van der Waals surface area contributed by atoms with Crippen LogP contribution in [0.3, 0.4) is 0 Å². The number of rotatable bonds is 3. The van der Waals surface area contributed by atoms with Gasteiger partial charge in [0.15, 0.2) is 11.6 Å². The molecule has 3 nitrogen and oxygen atoms in total. The van der Waals surface area contributed by atoms with Crippen LogP contribution in [-0.4, -0.2) is 10.6 Å². The van der Waals surface area contributed by atoms with Gasteiger partial charge in [-0.2, -0.15) is 5.26 Å². The van der Waals surface area contributed by atoms with E-state index < -0.39 is 11.4 Å². The largest absolute Gasteiger partial charge is 0.483 e. The molecule has 1 aliphatic carbocycles. The molecule has 1 atom stereocenters. The molecule has 1 unspecified atom stereocenters. The lowest BCUT2D eigenvalue weighted by Crippen LogP contribution is -2.24. The highest BCUT2D eigenvalue weighted by molar-refractivity contribution is 6.32. The predicted octanol–water partition coefficient (Wildman–Crippen LogP) is 4.07. The van der Waals surface area contributed by atoms with Crippen molar-refractivity contribution in [2.24, 2.45) is 5.92 Å². The first-order chi connectivity index (χ1) is 8.83. The summed E-state index contributed by atoms with van der Waals surface area (Å²) in [6.45, 7) is 5.43. The smallest absolute Gasteiger partial charge is 0.184 e. The van der Waals surface area contributed by atoms with Crippen LogP contribution in [0.1, 0.15) is 45.2 Å².